The third kappa shape index (κ3) is 6.75. The third-order valence-corrected chi connectivity index (χ3v) is 6.62. The number of aromatic nitrogens is 3. The van der Waals surface area contributed by atoms with Gasteiger partial charge in [-0.2, -0.15) is 15.0 Å². The number of aliphatic hydroxyl groups is 1. The largest absolute Gasteiger partial charge is 0.497 e. The normalized spacial score (nSPS) is 17.4. The van der Waals surface area contributed by atoms with E-state index in [2.05, 4.69) is 30.4 Å². The van der Waals surface area contributed by atoms with E-state index >= 15 is 0 Å². The molecule has 1 fully saturated rings. The summed E-state index contributed by atoms with van der Waals surface area (Å²) in [7, 11) is 1.63. The van der Waals surface area contributed by atoms with E-state index in [0.29, 0.717) is 36.5 Å². The Bertz CT molecular complexity index is 1320. The van der Waals surface area contributed by atoms with Crippen LogP contribution in [0.2, 0.25) is 0 Å². The van der Waals surface area contributed by atoms with Gasteiger partial charge in [-0.05, 0) is 48.9 Å². The SMILES string of the molecule is COc1ccc(-c2nc(NC3=CCC(C(=O)Nc4ccccc4)C=N3)nc(N3CCN(CCO)CC3)n2)cc1. The second kappa shape index (κ2) is 12.5. The van der Waals surface area contributed by atoms with Gasteiger partial charge in [0, 0.05) is 50.2 Å². The van der Waals surface area contributed by atoms with Gasteiger partial charge >= 0.3 is 0 Å². The molecule has 1 amide bonds. The fourth-order valence-electron chi connectivity index (χ4n) is 4.40. The molecule has 1 saturated heterocycles. The van der Waals surface area contributed by atoms with Crippen LogP contribution in [0.5, 0.6) is 5.75 Å². The number of carbonyl (C=O) groups is 1. The highest BCUT2D eigenvalue weighted by molar-refractivity contribution is 6.02. The molecule has 2 aliphatic rings. The minimum Gasteiger partial charge on any atom is -0.497 e. The average molecular weight is 529 g/mol. The third-order valence-electron chi connectivity index (χ3n) is 6.62. The number of benzene rings is 2. The highest BCUT2D eigenvalue weighted by atomic mass is 16.5. The number of piperazine rings is 1. The number of ether oxygens (including phenoxy) is 1. The number of anilines is 3. The summed E-state index contributed by atoms with van der Waals surface area (Å²) in [5, 5.41) is 15.4. The number of carbonyl (C=O) groups excluding carboxylic acids is 1. The molecule has 0 bridgehead atoms. The van der Waals surface area contributed by atoms with Crippen LogP contribution >= 0.6 is 0 Å². The number of nitrogens with zero attached hydrogens (tertiary/aromatic N) is 6. The Hall–Kier alpha value is -4.35. The molecule has 1 aromatic heterocycles. The fraction of sp³-hybridized carbons (Fsp3) is 0.321. The predicted octanol–water partition coefficient (Wildman–Crippen LogP) is 2.64. The highest BCUT2D eigenvalue weighted by Gasteiger charge is 2.22. The van der Waals surface area contributed by atoms with Crippen molar-refractivity contribution in [2.75, 3.05) is 62.0 Å². The van der Waals surface area contributed by atoms with Gasteiger partial charge in [0.25, 0.3) is 0 Å². The highest BCUT2D eigenvalue weighted by Crippen LogP contribution is 2.24. The molecule has 1 atom stereocenters. The molecule has 11 nitrogen and oxygen atoms in total. The van der Waals surface area contributed by atoms with Gasteiger partial charge in [0.15, 0.2) is 5.82 Å². The molecule has 0 spiro atoms. The minimum absolute atomic E-state index is 0.107. The lowest BCUT2D eigenvalue weighted by Gasteiger charge is -2.34. The van der Waals surface area contributed by atoms with Crippen molar-refractivity contribution in [3.05, 3.63) is 66.5 Å². The summed E-state index contributed by atoms with van der Waals surface area (Å²) < 4.78 is 5.29. The van der Waals surface area contributed by atoms with Crippen molar-refractivity contribution in [1.29, 1.82) is 0 Å². The lowest BCUT2D eigenvalue weighted by Crippen LogP contribution is -2.47. The van der Waals surface area contributed by atoms with Gasteiger partial charge in [-0.3, -0.25) is 9.69 Å². The van der Waals surface area contributed by atoms with Gasteiger partial charge in [-0.25, -0.2) is 4.99 Å². The Morgan fingerprint density at radius 3 is 2.46 bits per heavy atom. The van der Waals surface area contributed by atoms with E-state index in [0.717, 1.165) is 43.2 Å². The first-order valence-corrected chi connectivity index (χ1v) is 13.0. The minimum atomic E-state index is -0.366. The Morgan fingerprint density at radius 2 is 1.79 bits per heavy atom. The molecule has 2 aliphatic heterocycles. The summed E-state index contributed by atoms with van der Waals surface area (Å²) in [6.07, 6.45) is 4.02. The van der Waals surface area contributed by atoms with E-state index < -0.39 is 0 Å². The van der Waals surface area contributed by atoms with Crippen LogP contribution < -0.4 is 20.3 Å². The molecule has 3 aromatic rings. The molecule has 0 radical (unpaired) electrons. The summed E-state index contributed by atoms with van der Waals surface area (Å²) in [5.41, 5.74) is 1.59. The van der Waals surface area contributed by atoms with Crippen molar-refractivity contribution < 1.29 is 14.6 Å². The average Bonchev–Trinajstić information content (AvgIpc) is 2.98. The van der Waals surface area contributed by atoms with Crippen molar-refractivity contribution in [3.8, 4) is 17.1 Å². The van der Waals surface area contributed by atoms with E-state index in [-0.39, 0.29) is 18.4 Å². The molecule has 202 valence electrons. The summed E-state index contributed by atoms with van der Waals surface area (Å²) >= 11 is 0. The number of aliphatic imine (C=N–C) groups is 1. The molecule has 3 N–H and O–H groups in total. The van der Waals surface area contributed by atoms with Crippen molar-refractivity contribution in [3.63, 3.8) is 0 Å². The summed E-state index contributed by atoms with van der Waals surface area (Å²) in [4.78, 5) is 35.6. The Labute approximate surface area is 227 Å². The molecular weight excluding hydrogens is 496 g/mol. The quantitative estimate of drug-likeness (QED) is 0.384. The van der Waals surface area contributed by atoms with Crippen molar-refractivity contribution in [2.24, 2.45) is 10.9 Å². The second-order valence-electron chi connectivity index (χ2n) is 9.25. The van der Waals surface area contributed by atoms with Gasteiger partial charge < -0.3 is 25.4 Å². The van der Waals surface area contributed by atoms with E-state index in [1.807, 2.05) is 60.7 Å². The maximum Gasteiger partial charge on any atom is 0.233 e. The first-order chi connectivity index (χ1) is 19.1. The van der Waals surface area contributed by atoms with Crippen LogP contribution in [0.3, 0.4) is 0 Å². The van der Waals surface area contributed by atoms with E-state index in [1.54, 1.807) is 13.3 Å². The monoisotopic (exact) mass is 528 g/mol. The van der Waals surface area contributed by atoms with E-state index in [9.17, 15) is 9.90 Å². The zero-order valence-corrected chi connectivity index (χ0v) is 21.8. The van der Waals surface area contributed by atoms with Crippen LogP contribution in [0.4, 0.5) is 17.6 Å². The molecule has 3 heterocycles. The second-order valence-corrected chi connectivity index (χ2v) is 9.25. The lowest BCUT2D eigenvalue weighted by atomic mass is 10.0. The van der Waals surface area contributed by atoms with E-state index in [1.165, 1.54) is 0 Å². The van der Waals surface area contributed by atoms with Crippen LogP contribution in [-0.2, 0) is 4.79 Å². The van der Waals surface area contributed by atoms with Gasteiger partial charge in [0.1, 0.15) is 11.6 Å². The number of amides is 1. The molecule has 11 heteroatoms. The molecule has 1 unspecified atom stereocenters. The van der Waals surface area contributed by atoms with Crippen LogP contribution in [0.25, 0.3) is 11.4 Å². The zero-order valence-electron chi connectivity index (χ0n) is 21.8. The first kappa shape index (κ1) is 26.3. The van der Waals surface area contributed by atoms with Crippen LogP contribution in [0.15, 0.2) is 71.5 Å². The van der Waals surface area contributed by atoms with Crippen LogP contribution in [0.1, 0.15) is 6.42 Å². The molecule has 2 aromatic carbocycles. The maximum absolute atomic E-state index is 12.6. The number of rotatable bonds is 9. The molecular formula is C28H32N8O3. The number of hydrogen-bond donors (Lipinski definition) is 3. The van der Waals surface area contributed by atoms with Crippen LogP contribution in [-0.4, -0.2) is 83.5 Å². The number of aliphatic hydroxyl groups excluding tert-OH is 1. The summed E-state index contributed by atoms with van der Waals surface area (Å²) in [6.45, 7) is 3.91. The number of nitrogens with one attached hydrogen (secondary N) is 2. The van der Waals surface area contributed by atoms with Gasteiger partial charge in [0.05, 0.1) is 19.6 Å². The Kier molecular flexibility index (Phi) is 8.39. The maximum atomic E-state index is 12.6. The zero-order chi connectivity index (χ0) is 27.0. The molecule has 5 rings (SSSR count). The van der Waals surface area contributed by atoms with Crippen molar-refractivity contribution in [2.45, 2.75) is 6.42 Å². The molecule has 0 aliphatic carbocycles. The number of para-hydroxylation sites is 1. The first-order valence-electron chi connectivity index (χ1n) is 13.0. The number of allylic oxidation sites excluding steroid dienone is 1. The van der Waals surface area contributed by atoms with Crippen LogP contribution in [0, 0.1) is 5.92 Å². The van der Waals surface area contributed by atoms with Gasteiger partial charge in [-0.15, -0.1) is 0 Å². The topological polar surface area (TPSA) is 128 Å². The Morgan fingerprint density at radius 1 is 1.03 bits per heavy atom. The van der Waals surface area contributed by atoms with Gasteiger partial charge in [0.2, 0.25) is 17.8 Å². The van der Waals surface area contributed by atoms with Crippen molar-refractivity contribution >= 4 is 29.7 Å². The summed E-state index contributed by atoms with van der Waals surface area (Å²) in [6, 6.07) is 16.9. The number of β-amino-alcohol motifs (C(OH)–C–C–N with tert-alkyl or cyclic N) is 1. The number of hydrogen-bond acceptors (Lipinski definition) is 10. The van der Waals surface area contributed by atoms with E-state index in [4.69, 9.17) is 14.7 Å². The smallest absolute Gasteiger partial charge is 0.233 e. The molecule has 0 saturated carbocycles. The fourth-order valence-corrected chi connectivity index (χ4v) is 4.40. The predicted molar refractivity (Wildman–Crippen MR) is 151 cm³/mol. The lowest BCUT2D eigenvalue weighted by molar-refractivity contribution is -0.117. The number of methoxy groups -OCH3 is 1. The van der Waals surface area contributed by atoms with Gasteiger partial charge in [-0.1, -0.05) is 18.2 Å². The Balaban J connectivity index is 1.32. The molecule has 39 heavy (non-hydrogen) atoms. The van der Waals surface area contributed by atoms with Crippen molar-refractivity contribution in [1.82, 2.24) is 19.9 Å². The summed E-state index contributed by atoms with van der Waals surface area (Å²) in [5.74, 6) is 2.33. The standard InChI is InChI=1S/C28H32N8O3/c1-39-23-10-7-20(8-11-23)25-32-27(34-28(33-25)36-15-13-35(14-16-36)17-18-37)31-24-12-9-21(19-29-24)26(38)30-22-5-3-2-4-6-22/h2-8,10-12,19,21,37H,9,13-18H2,1H3,(H,30,38)(H,31,32,33,34).